The fourth-order valence-electron chi connectivity index (χ4n) is 2.36. The Hall–Kier alpha value is -1.85. The Bertz CT molecular complexity index is 664. The number of benzene rings is 1. The maximum Gasteiger partial charge on any atom is 0.224 e. The van der Waals surface area contributed by atoms with Crippen molar-refractivity contribution in [1.82, 2.24) is 15.1 Å². The smallest absolute Gasteiger partial charge is 0.224 e. The molecule has 5 nitrogen and oxygen atoms in total. The first-order valence-corrected chi connectivity index (χ1v) is 8.16. The van der Waals surface area contributed by atoms with Gasteiger partial charge in [0.05, 0.1) is 5.69 Å². The number of nitrogens with zero attached hydrogens (tertiary/aromatic N) is 2. The number of rotatable bonds is 7. The molecule has 0 spiro atoms. The molecule has 1 heterocycles. The Morgan fingerprint density at radius 3 is 2.52 bits per heavy atom. The third-order valence-electron chi connectivity index (χ3n) is 3.62. The summed E-state index contributed by atoms with van der Waals surface area (Å²) in [7, 11) is 1.84. The Morgan fingerprint density at radius 2 is 1.96 bits per heavy atom. The normalized spacial score (nSPS) is 10.8. The number of halogens is 1. The molecule has 6 heteroatoms. The Morgan fingerprint density at radius 1 is 1.26 bits per heavy atom. The Kier molecular flexibility index (Phi) is 6.19. The number of nitrogens with one attached hydrogen (secondary N) is 2. The van der Waals surface area contributed by atoms with Crippen molar-refractivity contribution < 1.29 is 4.79 Å². The van der Waals surface area contributed by atoms with Crippen LogP contribution in [-0.4, -0.2) is 15.7 Å². The first-order chi connectivity index (χ1) is 11.0. The molecule has 2 rings (SSSR count). The van der Waals surface area contributed by atoms with Gasteiger partial charge in [-0.15, -0.1) is 0 Å². The molecule has 0 fully saturated rings. The highest BCUT2D eigenvalue weighted by Crippen LogP contribution is 2.18. The number of carbonyl (C=O) groups is 1. The van der Waals surface area contributed by atoms with Crippen LogP contribution < -0.4 is 10.6 Å². The van der Waals surface area contributed by atoms with Crippen LogP contribution >= 0.6 is 11.6 Å². The molecule has 0 unspecified atom stereocenters. The Balaban J connectivity index is 1.85. The van der Waals surface area contributed by atoms with Crippen molar-refractivity contribution in [3.63, 3.8) is 0 Å². The number of hydrogen-bond donors (Lipinski definition) is 2. The third kappa shape index (κ3) is 4.81. The third-order valence-corrected chi connectivity index (χ3v) is 4.09. The van der Waals surface area contributed by atoms with Gasteiger partial charge in [0.25, 0.3) is 0 Å². The molecule has 0 radical (unpaired) electrons. The first-order valence-electron chi connectivity index (χ1n) is 7.78. The van der Waals surface area contributed by atoms with Crippen LogP contribution in [0, 0.1) is 6.92 Å². The molecule has 1 aromatic carbocycles. The van der Waals surface area contributed by atoms with Crippen molar-refractivity contribution >= 4 is 23.2 Å². The second-order valence-electron chi connectivity index (χ2n) is 5.58. The minimum absolute atomic E-state index is 0.0556. The van der Waals surface area contributed by atoms with Crippen molar-refractivity contribution in [2.24, 2.45) is 7.05 Å². The molecule has 0 atom stereocenters. The summed E-state index contributed by atoms with van der Waals surface area (Å²) >= 11 is 6.21. The van der Waals surface area contributed by atoms with Crippen LogP contribution in [0.5, 0.6) is 0 Å². The molecule has 0 bridgehead atoms. The van der Waals surface area contributed by atoms with Crippen LogP contribution in [0.15, 0.2) is 24.3 Å². The lowest BCUT2D eigenvalue weighted by molar-refractivity contribution is -0.116. The van der Waals surface area contributed by atoms with Gasteiger partial charge in [0.15, 0.2) is 0 Å². The van der Waals surface area contributed by atoms with Gasteiger partial charge >= 0.3 is 0 Å². The van der Waals surface area contributed by atoms with Crippen molar-refractivity contribution in [2.45, 2.75) is 39.8 Å². The number of anilines is 1. The van der Waals surface area contributed by atoms with Crippen molar-refractivity contribution in [3.8, 4) is 0 Å². The summed E-state index contributed by atoms with van der Waals surface area (Å²) in [5.41, 5.74) is 3.95. The maximum absolute atomic E-state index is 11.5. The van der Waals surface area contributed by atoms with Gasteiger partial charge in [-0.2, -0.15) is 5.10 Å². The van der Waals surface area contributed by atoms with Gasteiger partial charge in [-0.05, 0) is 31.0 Å². The van der Waals surface area contributed by atoms with E-state index in [0.717, 1.165) is 35.5 Å². The zero-order chi connectivity index (χ0) is 16.8. The highest BCUT2D eigenvalue weighted by Gasteiger charge is 2.10. The molecule has 0 saturated heterocycles. The van der Waals surface area contributed by atoms with E-state index in [0.29, 0.717) is 18.1 Å². The number of hydrogen-bond acceptors (Lipinski definition) is 3. The van der Waals surface area contributed by atoms with Gasteiger partial charge in [-0.25, -0.2) is 0 Å². The lowest BCUT2D eigenvalue weighted by Gasteiger charge is -2.07. The summed E-state index contributed by atoms with van der Waals surface area (Å²) in [6.45, 7) is 5.35. The van der Waals surface area contributed by atoms with Crippen LogP contribution in [0.3, 0.4) is 0 Å². The SMILES string of the molecule is CCCC(=O)Nc1ccc(CNCc2c(C)nn(C)c2Cl)cc1. The number of carbonyl (C=O) groups excluding carboxylic acids is 1. The maximum atomic E-state index is 11.5. The summed E-state index contributed by atoms with van der Waals surface area (Å²) in [4.78, 5) is 11.5. The van der Waals surface area contributed by atoms with Crippen molar-refractivity contribution in [2.75, 3.05) is 5.32 Å². The van der Waals surface area contributed by atoms with Gasteiger partial charge < -0.3 is 10.6 Å². The van der Waals surface area contributed by atoms with E-state index in [-0.39, 0.29) is 5.91 Å². The van der Waals surface area contributed by atoms with E-state index < -0.39 is 0 Å². The van der Waals surface area contributed by atoms with E-state index >= 15 is 0 Å². The van der Waals surface area contributed by atoms with Gasteiger partial charge in [-0.3, -0.25) is 9.48 Å². The molecular weight excluding hydrogens is 312 g/mol. The van der Waals surface area contributed by atoms with E-state index in [1.54, 1.807) is 4.68 Å². The summed E-state index contributed by atoms with van der Waals surface area (Å²) in [5, 5.41) is 11.2. The molecule has 2 aromatic rings. The first kappa shape index (κ1) is 17.5. The monoisotopic (exact) mass is 334 g/mol. The number of aryl methyl sites for hydroxylation is 2. The largest absolute Gasteiger partial charge is 0.326 e. The standard InChI is InChI=1S/C17H23ClN4O/c1-4-5-16(23)20-14-8-6-13(7-9-14)10-19-11-15-12(2)21-22(3)17(15)18/h6-9,19H,4-5,10-11H2,1-3H3,(H,20,23). The van der Waals surface area contributed by atoms with Gasteiger partial charge in [-0.1, -0.05) is 30.7 Å². The quantitative estimate of drug-likeness (QED) is 0.815. The predicted octanol–water partition coefficient (Wildman–Crippen LogP) is 3.41. The van der Waals surface area contributed by atoms with Crippen molar-refractivity contribution in [1.29, 1.82) is 0 Å². The van der Waals surface area contributed by atoms with Crippen LogP contribution in [0.4, 0.5) is 5.69 Å². The predicted molar refractivity (Wildman–Crippen MR) is 93.5 cm³/mol. The van der Waals surface area contributed by atoms with Crippen LogP contribution in [0.1, 0.15) is 36.6 Å². The van der Waals surface area contributed by atoms with Crippen molar-refractivity contribution in [3.05, 3.63) is 46.2 Å². The van der Waals surface area contributed by atoms with Gasteiger partial charge in [0.1, 0.15) is 5.15 Å². The molecular formula is C17H23ClN4O. The second kappa shape index (κ2) is 8.13. The molecule has 124 valence electrons. The molecule has 0 saturated carbocycles. The molecule has 0 aliphatic carbocycles. The topological polar surface area (TPSA) is 59.0 Å². The summed E-state index contributed by atoms with van der Waals surface area (Å²) < 4.78 is 1.68. The van der Waals surface area contributed by atoms with E-state index in [9.17, 15) is 4.79 Å². The summed E-state index contributed by atoms with van der Waals surface area (Å²) in [6.07, 6.45) is 1.40. The average molecular weight is 335 g/mol. The highest BCUT2D eigenvalue weighted by atomic mass is 35.5. The van der Waals surface area contributed by atoms with E-state index in [4.69, 9.17) is 11.6 Å². The number of aromatic nitrogens is 2. The zero-order valence-electron chi connectivity index (χ0n) is 13.8. The minimum atomic E-state index is 0.0556. The fourth-order valence-corrected chi connectivity index (χ4v) is 2.60. The van der Waals surface area contributed by atoms with Gasteiger partial charge in [0.2, 0.25) is 5.91 Å². The van der Waals surface area contributed by atoms with Crippen LogP contribution in [0.2, 0.25) is 5.15 Å². The molecule has 23 heavy (non-hydrogen) atoms. The number of amides is 1. The van der Waals surface area contributed by atoms with E-state index in [1.165, 1.54) is 0 Å². The molecule has 2 N–H and O–H groups in total. The van der Waals surface area contributed by atoms with E-state index in [1.807, 2.05) is 45.2 Å². The summed E-state index contributed by atoms with van der Waals surface area (Å²) in [6, 6.07) is 7.86. The second-order valence-corrected chi connectivity index (χ2v) is 5.94. The fraction of sp³-hybridized carbons (Fsp3) is 0.412. The van der Waals surface area contributed by atoms with Crippen LogP contribution in [0.25, 0.3) is 0 Å². The van der Waals surface area contributed by atoms with E-state index in [2.05, 4.69) is 15.7 Å². The van der Waals surface area contributed by atoms with Crippen LogP contribution in [-0.2, 0) is 24.9 Å². The molecule has 0 aliphatic heterocycles. The average Bonchev–Trinajstić information content (AvgIpc) is 2.75. The minimum Gasteiger partial charge on any atom is -0.326 e. The van der Waals surface area contributed by atoms with Gasteiger partial charge in [0, 0.05) is 37.8 Å². The zero-order valence-corrected chi connectivity index (χ0v) is 14.6. The molecule has 1 aromatic heterocycles. The molecule has 1 amide bonds. The Labute approximate surface area is 142 Å². The lowest BCUT2D eigenvalue weighted by Crippen LogP contribution is -2.14. The molecule has 0 aliphatic rings. The highest BCUT2D eigenvalue weighted by molar-refractivity contribution is 6.30. The lowest BCUT2D eigenvalue weighted by atomic mass is 10.2. The summed E-state index contributed by atoms with van der Waals surface area (Å²) in [5.74, 6) is 0.0556.